The van der Waals surface area contributed by atoms with Crippen LogP contribution in [0.3, 0.4) is 0 Å². The molecule has 0 aromatic heterocycles. The Balaban J connectivity index is 2.57. The van der Waals surface area contributed by atoms with Gasteiger partial charge in [0.15, 0.2) is 0 Å². The molecule has 1 aromatic carbocycles. The fraction of sp³-hybridized carbons (Fsp3) is 0.364. The van der Waals surface area contributed by atoms with Gasteiger partial charge in [-0.15, -0.1) is 11.6 Å². The summed E-state index contributed by atoms with van der Waals surface area (Å²) in [7, 11) is 1.76. The van der Waals surface area contributed by atoms with Gasteiger partial charge in [0, 0.05) is 13.6 Å². The van der Waals surface area contributed by atoms with Crippen molar-refractivity contribution in [2.45, 2.75) is 18.8 Å². The molecule has 0 aliphatic rings. The van der Waals surface area contributed by atoms with E-state index in [1.165, 1.54) is 0 Å². The lowest BCUT2D eigenvalue weighted by atomic mass is 10.2. The van der Waals surface area contributed by atoms with Crippen LogP contribution in [0, 0.1) is 0 Å². The van der Waals surface area contributed by atoms with E-state index in [0.29, 0.717) is 6.54 Å². The molecule has 0 heterocycles. The highest BCUT2D eigenvalue weighted by Crippen LogP contribution is 2.06. The lowest BCUT2D eigenvalue weighted by Crippen LogP contribution is -2.31. The Kier molecular flexibility index (Phi) is 3.96. The number of rotatable bonds is 3. The molecular formula is C11H14ClNO. The van der Waals surface area contributed by atoms with E-state index in [1.54, 1.807) is 18.9 Å². The number of carbonyl (C=O) groups is 1. The van der Waals surface area contributed by atoms with Gasteiger partial charge in [-0.25, -0.2) is 0 Å². The molecule has 14 heavy (non-hydrogen) atoms. The minimum atomic E-state index is -0.455. The van der Waals surface area contributed by atoms with Crippen LogP contribution >= 0.6 is 11.6 Å². The molecule has 0 unspecified atom stereocenters. The number of alkyl halides is 1. The number of hydrogen-bond acceptors (Lipinski definition) is 1. The van der Waals surface area contributed by atoms with E-state index in [1.807, 2.05) is 30.3 Å². The Morgan fingerprint density at radius 1 is 1.43 bits per heavy atom. The Morgan fingerprint density at radius 3 is 2.50 bits per heavy atom. The minimum Gasteiger partial charge on any atom is -0.340 e. The van der Waals surface area contributed by atoms with Crippen molar-refractivity contribution in [2.24, 2.45) is 0 Å². The largest absolute Gasteiger partial charge is 0.340 e. The molecule has 0 saturated heterocycles. The standard InChI is InChI=1S/C11H14ClNO/c1-9(12)11(14)13(2)8-10-6-4-3-5-7-10/h3-7,9H,8H2,1-2H3/t9-/m1/s1. The number of halogens is 1. The van der Waals surface area contributed by atoms with Gasteiger partial charge in [0.25, 0.3) is 0 Å². The highest BCUT2D eigenvalue weighted by molar-refractivity contribution is 6.30. The molecular weight excluding hydrogens is 198 g/mol. The summed E-state index contributed by atoms with van der Waals surface area (Å²) in [5, 5.41) is -0.455. The first kappa shape index (κ1) is 11.1. The molecule has 2 nitrogen and oxygen atoms in total. The summed E-state index contributed by atoms with van der Waals surface area (Å²) in [6.45, 7) is 2.29. The summed E-state index contributed by atoms with van der Waals surface area (Å²) >= 11 is 5.70. The number of nitrogens with zero attached hydrogens (tertiary/aromatic N) is 1. The average molecular weight is 212 g/mol. The Hall–Kier alpha value is -1.02. The number of hydrogen-bond donors (Lipinski definition) is 0. The maximum absolute atomic E-state index is 11.4. The zero-order chi connectivity index (χ0) is 10.6. The lowest BCUT2D eigenvalue weighted by molar-refractivity contribution is -0.129. The third kappa shape index (κ3) is 3.04. The highest BCUT2D eigenvalue weighted by Gasteiger charge is 2.14. The quantitative estimate of drug-likeness (QED) is 0.703. The second-order valence-corrected chi connectivity index (χ2v) is 3.95. The van der Waals surface area contributed by atoms with Crippen LogP contribution in [-0.4, -0.2) is 23.2 Å². The van der Waals surface area contributed by atoms with E-state index in [0.717, 1.165) is 5.56 Å². The first-order chi connectivity index (χ1) is 6.61. The third-order valence-electron chi connectivity index (χ3n) is 1.98. The zero-order valence-electron chi connectivity index (χ0n) is 8.40. The Bertz CT molecular complexity index is 297. The van der Waals surface area contributed by atoms with Gasteiger partial charge in [0.1, 0.15) is 5.38 Å². The fourth-order valence-corrected chi connectivity index (χ4v) is 1.41. The van der Waals surface area contributed by atoms with E-state index >= 15 is 0 Å². The second kappa shape index (κ2) is 5.01. The zero-order valence-corrected chi connectivity index (χ0v) is 9.16. The molecule has 0 N–H and O–H groups in total. The van der Waals surface area contributed by atoms with Crippen LogP contribution in [-0.2, 0) is 11.3 Å². The molecule has 0 saturated carbocycles. The molecule has 0 fully saturated rings. The SMILES string of the molecule is C[C@@H](Cl)C(=O)N(C)Cc1ccccc1. The smallest absolute Gasteiger partial charge is 0.240 e. The maximum atomic E-state index is 11.4. The van der Waals surface area contributed by atoms with Gasteiger partial charge in [-0.05, 0) is 12.5 Å². The fourth-order valence-electron chi connectivity index (χ4n) is 1.24. The molecule has 1 rings (SSSR count). The van der Waals surface area contributed by atoms with Gasteiger partial charge in [0.05, 0.1) is 0 Å². The Morgan fingerprint density at radius 2 is 2.00 bits per heavy atom. The molecule has 1 atom stereocenters. The molecule has 0 radical (unpaired) electrons. The third-order valence-corrected chi connectivity index (χ3v) is 2.17. The lowest BCUT2D eigenvalue weighted by Gasteiger charge is -2.18. The van der Waals surface area contributed by atoms with Gasteiger partial charge < -0.3 is 4.90 Å². The first-order valence-corrected chi connectivity index (χ1v) is 4.98. The van der Waals surface area contributed by atoms with Gasteiger partial charge in [-0.2, -0.15) is 0 Å². The van der Waals surface area contributed by atoms with Crippen molar-refractivity contribution in [3.63, 3.8) is 0 Å². The van der Waals surface area contributed by atoms with Gasteiger partial charge in [-0.3, -0.25) is 4.79 Å². The average Bonchev–Trinajstić information content (AvgIpc) is 2.18. The van der Waals surface area contributed by atoms with Crippen molar-refractivity contribution >= 4 is 17.5 Å². The van der Waals surface area contributed by atoms with E-state index in [9.17, 15) is 4.79 Å². The normalized spacial score (nSPS) is 12.2. The molecule has 0 spiro atoms. The van der Waals surface area contributed by atoms with E-state index in [4.69, 9.17) is 11.6 Å². The molecule has 1 amide bonds. The van der Waals surface area contributed by atoms with Crippen LogP contribution in [0.15, 0.2) is 30.3 Å². The molecule has 3 heteroatoms. The van der Waals surface area contributed by atoms with Crippen LogP contribution in [0.2, 0.25) is 0 Å². The number of benzene rings is 1. The minimum absolute atomic E-state index is 0.0458. The first-order valence-electron chi connectivity index (χ1n) is 4.54. The second-order valence-electron chi connectivity index (χ2n) is 3.30. The van der Waals surface area contributed by atoms with E-state index in [-0.39, 0.29) is 5.91 Å². The molecule has 1 aromatic rings. The molecule has 0 aliphatic carbocycles. The Labute approximate surface area is 89.5 Å². The molecule has 0 bridgehead atoms. The monoisotopic (exact) mass is 211 g/mol. The topological polar surface area (TPSA) is 20.3 Å². The van der Waals surface area contributed by atoms with Gasteiger partial charge >= 0.3 is 0 Å². The van der Waals surface area contributed by atoms with E-state index < -0.39 is 5.38 Å². The predicted octanol–water partition coefficient (Wildman–Crippen LogP) is 2.27. The van der Waals surface area contributed by atoms with Crippen molar-refractivity contribution in [1.29, 1.82) is 0 Å². The van der Waals surface area contributed by atoms with Crippen LogP contribution in [0.4, 0.5) is 0 Å². The summed E-state index contributed by atoms with van der Waals surface area (Å²) in [5.41, 5.74) is 1.11. The predicted molar refractivity (Wildman–Crippen MR) is 58.2 cm³/mol. The molecule has 76 valence electrons. The van der Waals surface area contributed by atoms with Gasteiger partial charge in [-0.1, -0.05) is 30.3 Å². The van der Waals surface area contributed by atoms with Crippen LogP contribution in [0.25, 0.3) is 0 Å². The van der Waals surface area contributed by atoms with Crippen molar-refractivity contribution in [2.75, 3.05) is 7.05 Å². The van der Waals surface area contributed by atoms with Crippen molar-refractivity contribution in [3.8, 4) is 0 Å². The van der Waals surface area contributed by atoms with E-state index in [2.05, 4.69) is 0 Å². The van der Waals surface area contributed by atoms with Gasteiger partial charge in [0.2, 0.25) is 5.91 Å². The van der Waals surface area contributed by atoms with Crippen molar-refractivity contribution in [1.82, 2.24) is 4.90 Å². The van der Waals surface area contributed by atoms with Crippen molar-refractivity contribution in [3.05, 3.63) is 35.9 Å². The summed E-state index contributed by atoms with van der Waals surface area (Å²) in [4.78, 5) is 13.1. The molecule has 0 aliphatic heterocycles. The summed E-state index contributed by atoms with van der Waals surface area (Å²) in [5.74, 6) is -0.0458. The number of carbonyl (C=O) groups excluding carboxylic acids is 1. The summed E-state index contributed by atoms with van der Waals surface area (Å²) in [6.07, 6.45) is 0. The van der Waals surface area contributed by atoms with Crippen LogP contribution < -0.4 is 0 Å². The van der Waals surface area contributed by atoms with Crippen LogP contribution in [0.1, 0.15) is 12.5 Å². The maximum Gasteiger partial charge on any atom is 0.240 e. The van der Waals surface area contributed by atoms with Crippen LogP contribution in [0.5, 0.6) is 0 Å². The summed E-state index contributed by atoms with van der Waals surface area (Å²) in [6, 6.07) is 9.84. The summed E-state index contributed by atoms with van der Waals surface area (Å²) < 4.78 is 0. The highest BCUT2D eigenvalue weighted by atomic mass is 35.5. The van der Waals surface area contributed by atoms with Crippen molar-refractivity contribution < 1.29 is 4.79 Å². The number of amides is 1.